The van der Waals surface area contributed by atoms with Gasteiger partial charge < -0.3 is 5.11 Å². The van der Waals surface area contributed by atoms with Crippen LogP contribution < -0.4 is 10.4 Å². The zero-order valence-electron chi connectivity index (χ0n) is 12.3. The van der Waals surface area contributed by atoms with E-state index < -0.39 is 0 Å². The van der Waals surface area contributed by atoms with Crippen molar-refractivity contribution in [2.45, 2.75) is 32.1 Å². The van der Waals surface area contributed by atoms with Gasteiger partial charge in [0.25, 0.3) is 0 Å². The van der Waals surface area contributed by atoms with Gasteiger partial charge in [-0.15, -0.1) is 0 Å². The molecule has 1 unspecified atom stereocenters. The average molecular weight is 275 g/mol. The van der Waals surface area contributed by atoms with Crippen molar-refractivity contribution >= 4 is 12.2 Å². The molecule has 1 radical (unpaired) electrons. The highest BCUT2D eigenvalue weighted by atomic mass is 16.3. The number of hydrogen-bond donors (Lipinski definition) is 1. The number of aliphatic hydroxyl groups is 1. The number of benzene rings is 2. The molecule has 0 aromatic heterocycles. The number of rotatable bonds is 1. The number of aliphatic hydroxyl groups excluding tert-OH is 1. The molecule has 2 aliphatic rings. The van der Waals surface area contributed by atoms with E-state index in [1.54, 1.807) is 0 Å². The molecule has 2 aromatic carbocycles. The van der Waals surface area contributed by atoms with E-state index in [4.69, 9.17) is 0 Å². The number of fused-ring (bicyclic) bond motifs is 4. The third-order valence-electron chi connectivity index (χ3n) is 4.84. The molecule has 0 saturated heterocycles. The fourth-order valence-corrected chi connectivity index (χ4v) is 3.84. The first-order chi connectivity index (χ1) is 10.3. The van der Waals surface area contributed by atoms with Crippen LogP contribution in [0.15, 0.2) is 36.4 Å². The van der Waals surface area contributed by atoms with Gasteiger partial charge in [0.1, 0.15) is 0 Å². The van der Waals surface area contributed by atoms with Gasteiger partial charge in [0, 0.05) is 5.92 Å². The van der Waals surface area contributed by atoms with Gasteiger partial charge in [0.05, 0.1) is 6.10 Å². The van der Waals surface area contributed by atoms with E-state index in [-0.39, 0.29) is 5.92 Å². The van der Waals surface area contributed by atoms with Crippen LogP contribution in [-0.4, -0.2) is 5.11 Å². The molecule has 2 aliphatic carbocycles. The van der Waals surface area contributed by atoms with E-state index in [9.17, 15) is 5.11 Å². The summed E-state index contributed by atoms with van der Waals surface area (Å²) in [5.41, 5.74) is 2.75. The normalized spacial score (nSPS) is 19.1. The molecular formula is C20H19O. The van der Waals surface area contributed by atoms with Gasteiger partial charge in [-0.25, -0.2) is 0 Å². The standard InChI is InChI=1S/C20H19O/c1-13(21)16-8-4-6-15-10-11-18-17-7-3-2-5-14(17)9-12-19(18)20(15)16/h2-3,5-7,9-11,16,21H,4,8,12H2,1H3. The van der Waals surface area contributed by atoms with E-state index in [0.717, 1.165) is 19.3 Å². The molecule has 105 valence electrons. The minimum atomic E-state index is 0.193. The van der Waals surface area contributed by atoms with Gasteiger partial charge in [0.2, 0.25) is 0 Å². The van der Waals surface area contributed by atoms with E-state index >= 15 is 0 Å². The molecule has 0 bridgehead atoms. The Kier molecular flexibility index (Phi) is 2.97. The lowest BCUT2D eigenvalue weighted by atomic mass is 9.79. The third-order valence-corrected chi connectivity index (χ3v) is 4.84. The summed E-state index contributed by atoms with van der Waals surface area (Å²) in [6.07, 6.45) is 8.22. The molecule has 0 fully saturated rings. The van der Waals surface area contributed by atoms with Gasteiger partial charge in [-0.2, -0.15) is 0 Å². The molecule has 0 saturated carbocycles. The second kappa shape index (κ2) is 4.85. The molecule has 1 heteroatoms. The molecule has 21 heavy (non-hydrogen) atoms. The second-order valence-corrected chi connectivity index (χ2v) is 6.07. The molecular weight excluding hydrogens is 256 g/mol. The smallest absolute Gasteiger partial charge is 0.0977 e. The van der Waals surface area contributed by atoms with Crippen molar-refractivity contribution in [3.8, 4) is 0 Å². The SMILES string of the molecule is C[C](O)C1CCC=c2ccc3c(c21)CC=c1ccccc1=3. The molecule has 0 spiro atoms. The zero-order chi connectivity index (χ0) is 14.4. The molecule has 1 atom stereocenters. The van der Waals surface area contributed by atoms with Crippen LogP contribution in [0.5, 0.6) is 0 Å². The fraction of sp³-hybridized carbons (Fsp3) is 0.250. The molecule has 1 nitrogen and oxygen atoms in total. The van der Waals surface area contributed by atoms with Gasteiger partial charge in [-0.3, -0.25) is 0 Å². The summed E-state index contributed by atoms with van der Waals surface area (Å²) in [7, 11) is 0. The molecule has 0 aliphatic heterocycles. The topological polar surface area (TPSA) is 20.2 Å². The van der Waals surface area contributed by atoms with Crippen molar-refractivity contribution in [1.82, 2.24) is 0 Å². The summed E-state index contributed by atoms with van der Waals surface area (Å²) in [6.45, 7) is 1.85. The zero-order valence-corrected chi connectivity index (χ0v) is 12.3. The highest BCUT2D eigenvalue weighted by molar-refractivity contribution is 5.49. The van der Waals surface area contributed by atoms with Crippen molar-refractivity contribution in [2.75, 3.05) is 0 Å². The summed E-state index contributed by atoms with van der Waals surface area (Å²) >= 11 is 0. The monoisotopic (exact) mass is 275 g/mol. The molecule has 0 amide bonds. The molecule has 2 aromatic rings. The van der Waals surface area contributed by atoms with Crippen LogP contribution in [0.1, 0.15) is 36.8 Å². The van der Waals surface area contributed by atoms with Gasteiger partial charge in [-0.1, -0.05) is 48.6 Å². The Hall–Kier alpha value is -1.86. The van der Waals surface area contributed by atoms with Crippen LogP contribution in [0.4, 0.5) is 0 Å². The summed E-state index contributed by atoms with van der Waals surface area (Å²) in [6, 6.07) is 13.1. The molecule has 4 rings (SSSR count). The van der Waals surface area contributed by atoms with Gasteiger partial charge in [0.15, 0.2) is 0 Å². The maximum absolute atomic E-state index is 10.1. The maximum atomic E-state index is 10.1. The predicted molar refractivity (Wildman–Crippen MR) is 85.3 cm³/mol. The molecule has 0 heterocycles. The van der Waals surface area contributed by atoms with E-state index in [0.29, 0.717) is 6.10 Å². The molecule has 1 N–H and O–H groups in total. The van der Waals surface area contributed by atoms with Crippen LogP contribution in [0.3, 0.4) is 0 Å². The minimum Gasteiger partial charge on any atom is -0.387 e. The highest BCUT2D eigenvalue weighted by Crippen LogP contribution is 2.33. The van der Waals surface area contributed by atoms with Crippen molar-refractivity contribution in [2.24, 2.45) is 0 Å². The Labute approximate surface area is 124 Å². The fourth-order valence-electron chi connectivity index (χ4n) is 3.84. The summed E-state index contributed by atoms with van der Waals surface area (Å²) in [4.78, 5) is 0. The Bertz CT molecular complexity index is 906. The van der Waals surface area contributed by atoms with E-state index in [2.05, 4.69) is 48.6 Å². The van der Waals surface area contributed by atoms with Crippen molar-refractivity contribution in [1.29, 1.82) is 0 Å². The first-order valence-electron chi connectivity index (χ1n) is 7.69. The summed E-state index contributed by atoms with van der Waals surface area (Å²) in [5, 5.41) is 15.4. The Morgan fingerprint density at radius 1 is 1.00 bits per heavy atom. The average Bonchev–Trinajstić information content (AvgIpc) is 2.53. The van der Waals surface area contributed by atoms with E-state index in [1.165, 1.54) is 32.0 Å². The minimum absolute atomic E-state index is 0.193. The number of hydrogen-bond acceptors (Lipinski definition) is 1. The van der Waals surface area contributed by atoms with Gasteiger partial charge in [-0.05, 0) is 58.2 Å². The lowest BCUT2D eigenvalue weighted by Gasteiger charge is -2.26. The second-order valence-electron chi connectivity index (χ2n) is 6.07. The summed E-state index contributed by atoms with van der Waals surface area (Å²) in [5.74, 6) is 0.193. The van der Waals surface area contributed by atoms with Crippen LogP contribution in [-0.2, 0) is 6.42 Å². The maximum Gasteiger partial charge on any atom is 0.0977 e. The van der Waals surface area contributed by atoms with Gasteiger partial charge >= 0.3 is 0 Å². The van der Waals surface area contributed by atoms with E-state index in [1.807, 2.05) is 6.92 Å². The highest BCUT2D eigenvalue weighted by Gasteiger charge is 2.24. The van der Waals surface area contributed by atoms with Crippen LogP contribution in [0.25, 0.3) is 12.2 Å². The Morgan fingerprint density at radius 2 is 1.86 bits per heavy atom. The van der Waals surface area contributed by atoms with Crippen LogP contribution >= 0.6 is 0 Å². The lowest BCUT2D eigenvalue weighted by Crippen LogP contribution is -2.25. The first-order valence-corrected chi connectivity index (χ1v) is 7.69. The van der Waals surface area contributed by atoms with Crippen molar-refractivity contribution in [3.63, 3.8) is 0 Å². The third kappa shape index (κ3) is 1.96. The Morgan fingerprint density at radius 3 is 2.71 bits per heavy atom. The quantitative estimate of drug-likeness (QED) is 0.848. The summed E-state index contributed by atoms with van der Waals surface area (Å²) < 4.78 is 0. The van der Waals surface area contributed by atoms with Crippen molar-refractivity contribution < 1.29 is 5.11 Å². The first kappa shape index (κ1) is 12.8. The lowest BCUT2D eigenvalue weighted by molar-refractivity contribution is 0.267. The Balaban J connectivity index is 2.15. The predicted octanol–water partition coefficient (Wildman–Crippen LogP) is 2.89. The largest absolute Gasteiger partial charge is 0.387 e. The van der Waals surface area contributed by atoms with Crippen molar-refractivity contribution in [3.05, 3.63) is 74.5 Å². The van der Waals surface area contributed by atoms with Crippen LogP contribution in [0.2, 0.25) is 0 Å². The van der Waals surface area contributed by atoms with Crippen LogP contribution in [0, 0.1) is 16.5 Å².